The zero-order valence-electron chi connectivity index (χ0n) is 8.81. The Morgan fingerprint density at radius 3 is 2.88 bits per heavy atom. The van der Waals surface area contributed by atoms with E-state index in [2.05, 4.69) is 5.32 Å². The molecule has 1 heterocycles. The van der Waals surface area contributed by atoms with Gasteiger partial charge in [-0.2, -0.15) is 0 Å². The molecule has 0 spiro atoms. The van der Waals surface area contributed by atoms with Crippen LogP contribution in [0.15, 0.2) is 42.5 Å². The quantitative estimate of drug-likeness (QED) is 0.469. The first-order chi connectivity index (χ1) is 7.84. The van der Waals surface area contributed by atoms with Crippen LogP contribution in [0.4, 0.5) is 0 Å². The second kappa shape index (κ2) is 5.21. The summed E-state index contributed by atoms with van der Waals surface area (Å²) in [5.74, 6) is 0.107. The molecular formula is C12H13NO3. The Kier molecular flexibility index (Phi) is 3.43. The molecule has 1 aromatic rings. The number of rotatable bonds is 4. The standard InChI is InChI=1S/C12H13NO3/c14-12-8-13-11(16-12)9-15-7-6-10-4-2-1-3-5-10/h1-5,9,13H,6-8H2/b11-9+. The monoisotopic (exact) mass is 219 g/mol. The molecule has 0 aromatic heterocycles. The lowest BCUT2D eigenvalue weighted by molar-refractivity contribution is -0.134. The zero-order valence-corrected chi connectivity index (χ0v) is 8.81. The van der Waals surface area contributed by atoms with Gasteiger partial charge in [-0.05, 0) is 5.56 Å². The molecule has 0 radical (unpaired) electrons. The SMILES string of the molecule is O=C1CN/C(=C\OCCc2ccccc2)O1. The predicted molar refractivity (Wildman–Crippen MR) is 58.3 cm³/mol. The van der Waals surface area contributed by atoms with Crippen LogP contribution in [0.25, 0.3) is 0 Å². The Bertz CT molecular complexity index is 387. The summed E-state index contributed by atoms with van der Waals surface area (Å²) in [5.41, 5.74) is 1.22. The normalized spacial score (nSPS) is 17.0. The van der Waals surface area contributed by atoms with E-state index in [1.54, 1.807) is 0 Å². The highest BCUT2D eigenvalue weighted by Crippen LogP contribution is 2.03. The Balaban J connectivity index is 1.71. The molecular weight excluding hydrogens is 206 g/mol. The maximum absolute atomic E-state index is 10.7. The van der Waals surface area contributed by atoms with E-state index >= 15 is 0 Å². The first-order valence-corrected chi connectivity index (χ1v) is 5.15. The van der Waals surface area contributed by atoms with Gasteiger partial charge in [-0.3, -0.25) is 0 Å². The average Bonchev–Trinajstić information content (AvgIpc) is 2.72. The second-order valence-corrected chi connectivity index (χ2v) is 3.42. The van der Waals surface area contributed by atoms with Crippen molar-refractivity contribution in [3.8, 4) is 0 Å². The molecule has 0 aliphatic carbocycles. The minimum atomic E-state index is -0.280. The van der Waals surface area contributed by atoms with Crippen molar-refractivity contribution >= 4 is 5.97 Å². The van der Waals surface area contributed by atoms with Gasteiger partial charge in [-0.15, -0.1) is 0 Å². The van der Waals surface area contributed by atoms with Crippen LogP contribution in [0, 0.1) is 0 Å². The molecule has 1 fully saturated rings. The first-order valence-electron chi connectivity index (χ1n) is 5.15. The molecule has 1 aromatic carbocycles. The lowest BCUT2D eigenvalue weighted by atomic mass is 10.2. The minimum absolute atomic E-state index is 0.216. The fourth-order valence-electron chi connectivity index (χ4n) is 1.38. The lowest BCUT2D eigenvalue weighted by Gasteiger charge is -2.02. The summed E-state index contributed by atoms with van der Waals surface area (Å²) in [6.45, 7) is 0.778. The molecule has 1 aliphatic heterocycles. The van der Waals surface area contributed by atoms with Gasteiger partial charge in [0.15, 0.2) is 0 Å². The van der Waals surface area contributed by atoms with Crippen molar-refractivity contribution in [2.24, 2.45) is 0 Å². The maximum Gasteiger partial charge on any atom is 0.332 e. The molecule has 4 heteroatoms. The minimum Gasteiger partial charge on any atom is -0.495 e. The van der Waals surface area contributed by atoms with Crippen molar-refractivity contribution in [2.75, 3.05) is 13.2 Å². The molecule has 2 rings (SSSR count). The Labute approximate surface area is 93.9 Å². The summed E-state index contributed by atoms with van der Waals surface area (Å²) in [6.07, 6.45) is 2.27. The van der Waals surface area contributed by atoms with Crippen LogP contribution < -0.4 is 5.32 Å². The van der Waals surface area contributed by atoms with Crippen molar-refractivity contribution in [2.45, 2.75) is 6.42 Å². The summed E-state index contributed by atoms with van der Waals surface area (Å²) < 4.78 is 10.1. The topological polar surface area (TPSA) is 47.6 Å². The van der Waals surface area contributed by atoms with E-state index in [0.29, 0.717) is 12.5 Å². The van der Waals surface area contributed by atoms with Crippen molar-refractivity contribution in [3.63, 3.8) is 0 Å². The molecule has 0 atom stereocenters. The van der Waals surface area contributed by atoms with Gasteiger partial charge in [-0.1, -0.05) is 30.3 Å². The van der Waals surface area contributed by atoms with Gasteiger partial charge in [0, 0.05) is 6.42 Å². The zero-order chi connectivity index (χ0) is 11.2. The number of cyclic esters (lactones) is 1. The number of ether oxygens (including phenoxy) is 2. The van der Waals surface area contributed by atoms with Crippen LogP contribution in [0.5, 0.6) is 0 Å². The highest BCUT2D eigenvalue weighted by atomic mass is 16.6. The molecule has 1 N–H and O–H groups in total. The third kappa shape index (κ3) is 3.02. The third-order valence-electron chi connectivity index (χ3n) is 2.17. The van der Waals surface area contributed by atoms with Gasteiger partial charge >= 0.3 is 5.97 Å². The molecule has 1 aliphatic rings. The van der Waals surface area contributed by atoms with E-state index in [0.717, 1.165) is 6.42 Å². The molecule has 0 unspecified atom stereocenters. The van der Waals surface area contributed by atoms with Gasteiger partial charge < -0.3 is 14.8 Å². The van der Waals surface area contributed by atoms with Crippen molar-refractivity contribution < 1.29 is 14.3 Å². The summed E-state index contributed by atoms with van der Waals surface area (Å²) >= 11 is 0. The summed E-state index contributed by atoms with van der Waals surface area (Å²) in [5, 5.41) is 2.77. The Morgan fingerprint density at radius 2 is 2.19 bits per heavy atom. The van der Waals surface area contributed by atoms with E-state index in [1.165, 1.54) is 11.8 Å². The molecule has 0 bridgehead atoms. The van der Waals surface area contributed by atoms with Crippen molar-refractivity contribution in [1.82, 2.24) is 5.32 Å². The van der Waals surface area contributed by atoms with Crippen LogP contribution in [-0.2, 0) is 20.7 Å². The number of carbonyl (C=O) groups is 1. The molecule has 0 amide bonds. The number of benzene rings is 1. The molecule has 1 saturated heterocycles. The highest BCUT2D eigenvalue weighted by molar-refractivity contribution is 5.75. The largest absolute Gasteiger partial charge is 0.495 e. The van der Waals surface area contributed by atoms with Crippen LogP contribution in [0.3, 0.4) is 0 Å². The molecule has 0 saturated carbocycles. The fraction of sp³-hybridized carbons (Fsp3) is 0.250. The van der Waals surface area contributed by atoms with Gasteiger partial charge in [0.2, 0.25) is 5.88 Å². The number of carbonyl (C=O) groups excluding carboxylic acids is 1. The number of esters is 1. The van der Waals surface area contributed by atoms with Crippen LogP contribution in [0.1, 0.15) is 5.56 Å². The first kappa shape index (κ1) is 10.5. The van der Waals surface area contributed by atoms with Gasteiger partial charge in [0.1, 0.15) is 12.8 Å². The third-order valence-corrected chi connectivity index (χ3v) is 2.17. The van der Waals surface area contributed by atoms with Gasteiger partial charge in [-0.25, -0.2) is 4.79 Å². The number of nitrogens with one attached hydrogen (secondary N) is 1. The van der Waals surface area contributed by atoms with E-state index < -0.39 is 0 Å². The van der Waals surface area contributed by atoms with Crippen molar-refractivity contribution in [3.05, 3.63) is 48.0 Å². The van der Waals surface area contributed by atoms with Crippen LogP contribution in [-0.4, -0.2) is 19.1 Å². The molecule has 84 valence electrons. The van der Waals surface area contributed by atoms with Gasteiger partial charge in [0.05, 0.1) is 6.61 Å². The van der Waals surface area contributed by atoms with Crippen LogP contribution >= 0.6 is 0 Å². The average molecular weight is 219 g/mol. The summed E-state index contributed by atoms with van der Waals surface area (Å²) in [6, 6.07) is 10.1. The second-order valence-electron chi connectivity index (χ2n) is 3.42. The van der Waals surface area contributed by atoms with E-state index in [4.69, 9.17) is 9.47 Å². The number of hydrogen-bond donors (Lipinski definition) is 1. The smallest absolute Gasteiger partial charge is 0.332 e. The maximum atomic E-state index is 10.7. The summed E-state index contributed by atoms with van der Waals surface area (Å²) in [7, 11) is 0. The van der Waals surface area contributed by atoms with E-state index in [1.807, 2.05) is 30.3 Å². The molecule has 16 heavy (non-hydrogen) atoms. The van der Waals surface area contributed by atoms with E-state index in [-0.39, 0.29) is 12.5 Å². The highest BCUT2D eigenvalue weighted by Gasteiger charge is 2.15. The fourth-order valence-corrected chi connectivity index (χ4v) is 1.38. The predicted octanol–water partition coefficient (Wildman–Crippen LogP) is 1.19. The summed E-state index contributed by atoms with van der Waals surface area (Å²) in [4.78, 5) is 10.7. The lowest BCUT2D eigenvalue weighted by Crippen LogP contribution is -2.07. The number of hydrogen-bond acceptors (Lipinski definition) is 4. The Hall–Kier alpha value is -1.97. The molecule has 4 nitrogen and oxygen atoms in total. The van der Waals surface area contributed by atoms with Crippen LogP contribution in [0.2, 0.25) is 0 Å². The Morgan fingerprint density at radius 1 is 1.38 bits per heavy atom. The van der Waals surface area contributed by atoms with E-state index in [9.17, 15) is 4.79 Å². The van der Waals surface area contributed by atoms with Crippen molar-refractivity contribution in [1.29, 1.82) is 0 Å². The van der Waals surface area contributed by atoms with Gasteiger partial charge in [0.25, 0.3) is 0 Å².